The third kappa shape index (κ3) is 4.93. The Hall–Kier alpha value is -3.88. The number of likely N-dealkylation sites (tertiary alicyclic amines) is 1. The van der Waals surface area contributed by atoms with Gasteiger partial charge in [-0.2, -0.15) is 4.73 Å². The molecule has 3 aromatic rings. The van der Waals surface area contributed by atoms with Crippen LogP contribution in [0.25, 0.3) is 0 Å². The zero-order valence-corrected chi connectivity index (χ0v) is 16.2. The fraction of sp³-hybridized carbons (Fsp3) is 0.238. The molecule has 154 valence electrons. The van der Waals surface area contributed by atoms with Crippen LogP contribution >= 0.6 is 0 Å². The molecule has 1 saturated heterocycles. The maximum absolute atomic E-state index is 12.4. The van der Waals surface area contributed by atoms with E-state index in [0.29, 0.717) is 37.2 Å². The van der Waals surface area contributed by atoms with Crippen molar-refractivity contribution in [2.45, 2.75) is 18.9 Å². The van der Waals surface area contributed by atoms with E-state index in [1.54, 1.807) is 64.7 Å². The minimum absolute atomic E-state index is 0.0221. The molecule has 0 bridgehead atoms. The van der Waals surface area contributed by atoms with Crippen LogP contribution < -0.4 is 14.9 Å². The predicted molar refractivity (Wildman–Crippen MR) is 108 cm³/mol. The number of carbonyl (C=O) groups excluding carboxylic acids is 2. The summed E-state index contributed by atoms with van der Waals surface area (Å²) in [6.07, 6.45) is 7.40. The van der Waals surface area contributed by atoms with Gasteiger partial charge in [0, 0.05) is 43.8 Å². The number of piperidine rings is 1. The average Bonchev–Trinajstić information content (AvgIpc) is 3.29. The van der Waals surface area contributed by atoms with E-state index in [1.165, 1.54) is 6.20 Å². The molecule has 3 heterocycles. The SMILES string of the molecule is O=C(Nc1ccc(OC(=O)N2CCC(On3ccnc3)CC2)nc1)c1ccccc1. The number of hydrogen-bond donors (Lipinski definition) is 1. The Bertz CT molecular complexity index is 968. The number of anilines is 1. The van der Waals surface area contributed by atoms with Gasteiger partial charge in [-0.1, -0.05) is 18.2 Å². The van der Waals surface area contributed by atoms with Crippen LogP contribution in [0, 0.1) is 0 Å². The second-order valence-electron chi connectivity index (χ2n) is 6.79. The largest absolute Gasteiger partial charge is 0.416 e. The summed E-state index contributed by atoms with van der Waals surface area (Å²) in [5, 5.41) is 2.75. The number of rotatable bonds is 5. The lowest BCUT2D eigenvalue weighted by Gasteiger charge is -2.30. The van der Waals surface area contributed by atoms with Gasteiger partial charge in [0.2, 0.25) is 5.88 Å². The number of hydrogen-bond acceptors (Lipinski definition) is 6. The van der Waals surface area contributed by atoms with E-state index in [1.807, 2.05) is 6.07 Å². The van der Waals surface area contributed by atoms with Crippen molar-refractivity contribution in [2.75, 3.05) is 18.4 Å². The standard InChI is InChI=1S/C21H21N5O4/c27-20(16-4-2-1-3-5-16)24-17-6-7-19(23-14-17)29-21(28)25-11-8-18(9-12-25)30-26-13-10-22-15-26/h1-7,10,13-15,18H,8-9,11-12H2,(H,24,27). The monoisotopic (exact) mass is 407 g/mol. The van der Waals surface area contributed by atoms with Crippen LogP contribution in [0.15, 0.2) is 67.4 Å². The maximum atomic E-state index is 12.4. The summed E-state index contributed by atoms with van der Waals surface area (Å²) < 4.78 is 6.92. The van der Waals surface area contributed by atoms with Crippen molar-refractivity contribution >= 4 is 17.7 Å². The fourth-order valence-corrected chi connectivity index (χ4v) is 3.09. The molecule has 1 fully saturated rings. The molecular weight excluding hydrogens is 386 g/mol. The van der Waals surface area contributed by atoms with Gasteiger partial charge in [-0.25, -0.2) is 14.8 Å². The number of carbonyl (C=O) groups is 2. The van der Waals surface area contributed by atoms with E-state index in [2.05, 4.69) is 15.3 Å². The zero-order valence-electron chi connectivity index (χ0n) is 16.2. The van der Waals surface area contributed by atoms with Gasteiger partial charge in [0.15, 0.2) is 0 Å². The minimum Gasteiger partial charge on any atom is -0.410 e. The number of nitrogens with one attached hydrogen (secondary N) is 1. The summed E-state index contributed by atoms with van der Waals surface area (Å²) in [5.74, 6) is -0.0579. The van der Waals surface area contributed by atoms with Crippen LogP contribution in [0.3, 0.4) is 0 Å². The van der Waals surface area contributed by atoms with Crippen molar-refractivity contribution < 1.29 is 19.2 Å². The molecule has 9 nitrogen and oxygen atoms in total. The van der Waals surface area contributed by atoms with Gasteiger partial charge in [-0.3, -0.25) is 4.79 Å². The predicted octanol–water partition coefficient (Wildman–Crippen LogP) is 2.62. The Labute approximate surface area is 173 Å². The van der Waals surface area contributed by atoms with E-state index in [-0.39, 0.29) is 17.9 Å². The van der Waals surface area contributed by atoms with Crippen LogP contribution in [-0.4, -0.2) is 50.8 Å². The number of ether oxygens (including phenoxy) is 1. The van der Waals surface area contributed by atoms with Crippen molar-refractivity contribution in [1.29, 1.82) is 0 Å². The summed E-state index contributed by atoms with van der Waals surface area (Å²) in [6.45, 7) is 1.06. The molecule has 2 aromatic heterocycles. The van der Waals surface area contributed by atoms with Gasteiger partial charge < -0.3 is 19.8 Å². The molecule has 0 atom stereocenters. The average molecular weight is 407 g/mol. The number of amides is 2. The van der Waals surface area contributed by atoms with Gasteiger partial charge in [-0.15, -0.1) is 0 Å². The molecule has 1 aliphatic heterocycles. The summed E-state index contributed by atoms with van der Waals surface area (Å²) in [4.78, 5) is 40.0. The second kappa shape index (κ2) is 9.08. The molecule has 1 N–H and O–H groups in total. The molecule has 0 spiro atoms. The first-order chi connectivity index (χ1) is 14.7. The van der Waals surface area contributed by atoms with Gasteiger partial charge in [-0.05, 0) is 18.2 Å². The Morgan fingerprint density at radius 2 is 1.87 bits per heavy atom. The number of aromatic nitrogens is 3. The lowest BCUT2D eigenvalue weighted by Crippen LogP contribution is -2.44. The molecule has 1 aliphatic rings. The number of benzene rings is 1. The highest BCUT2D eigenvalue weighted by Gasteiger charge is 2.25. The van der Waals surface area contributed by atoms with Crippen molar-refractivity contribution in [3.05, 3.63) is 72.9 Å². The van der Waals surface area contributed by atoms with E-state index in [4.69, 9.17) is 9.57 Å². The number of pyridine rings is 1. The zero-order chi connectivity index (χ0) is 20.8. The van der Waals surface area contributed by atoms with Crippen LogP contribution in [0.4, 0.5) is 10.5 Å². The van der Waals surface area contributed by atoms with Crippen LogP contribution in [-0.2, 0) is 0 Å². The molecule has 0 aliphatic carbocycles. The van der Waals surface area contributed by atoms with Gasteiger partial charge in [0.1, 0.15) is 12.4 Å². The van der Waals surface area contributed by atoms with E-state index in [0.717, 1.165) is 0 Å². The number of nitrogens with zero attached hydrogens (tertiary/aromatic N) is 4. The van der Waals surface area contributed by atoms with Crippen LogP contribution in [0.1, 0.15) is 23.2 Å². The van der Waals surface area contributed by atoms with Gasteiger partial charge >= 0.3 is 6.09 Å². The summed E-state index contributed by atoms with van der Waals surface area (Å²) >= 11 is 0. The fourth-order valence-electron chi connectivity index (χ4n) is 3.09. The normalized spacial score (nSPS) is 14.2. The molecular formula is C21H21N5O4. The highest BCUT2D eigenvalue weighted by Crippen LogP contribution is 2.17. The molecule has 9 heteroatoms. The summed E-state index contributed by atoms with van der Waals surface area (Å²) in [7, 11) is 0. The van der Waals surface area contributed by atoms with Crippen molar-refractivity contribution in [3.8, 4) is 5.88 Å². The van der Waals surface area contributed by atoms with Gasteiger partial charge in [0.25, 0.3) is 5.91 Å². The first kappa shape index (κ1) is 19.4. The molecule has 2 amide bonds. The Morgan fingerprint density at radius 3 is 2.53 bits per heavy atom. The lowest BCUT2D eigenvalue weighted by molar-refractivity contribution is -0.000122. The summed E-state index contributed by atoms with van der Waals surface area (Å²) in [5.41, 5.74) is 1.06. The van der Waals surface area contributed by atoms with E-state index < -0.39 is 6.09 Å². The van der Waals surface area contributed by atoms with Crippen molar-refractivity contribution in [1.82, 2.24) is 19.6 Å². The van der Waals surface area contributed by atoms with E-state index in [9.17, 15) is 9.59 Å². The molecule has 1 aromatic carbocycles. The third-order valence-corrected chi connectivity index (χ3v) is 4.67. The van der Waals surface area contributed by atoms with Gasteiger partial charge in [0.05, 0.1) is 18.1 Å². The minimum atomic E-state index is -0.454. The maximum Gasteiger partial charge on any atom is 0.416 e. The first-order valence-corrected chi connectivity index (χ1v) is 9.62. The third-order valence-electron chi connectivity index (χ3n) is 4.67. The first-order valence-electron chi connectivity index (χ1n) is 9.62. The quantitative estimate of drug-likeness (QED) is 0.698. The highest BCUT2D eigenvalue weighted by molar-refractivity contribution is 6.04. The second-order valence-corrected chi connectivity index (χ2v) is 6.79. The molecule has 0 unspecified atom stereocenters. The Balaban J connectivity index is 1.25. The van der Waals surface area contributed by atoms with Crippen molar-refractivity contribution in [2.24, 2.45) is 0 Å². The summed E-state index contributed by atoms with van der Waals surface area (Å²) in [6, 6.07) is 12.1. The Morgan fingerprint density at radius 1 is 1.07 bits per heavy atom. The van der Waals surface area contributed by atoms with Crippen LogP contribution in [0.2, 0.25) is 0 Å². The topological polar surface area (TPSA) is 98.6 Å². The molecule has 4 rings (SSSR count). The highest BCUT2D eigenvalue weighted by atomic mass is 16.7. The molecule has 0 saturated carbocycles. The lowest BCUT2D eigenvalue weighted by atomic mass is 10.1. The smallest absolute Gasteiger partial charge is 0.410 e. The van der Waals surface area contributed by atoms with Crippen molar-refractivity contribution in [3.63, 3.8) is 0 Å². The Kier molecular flexibility index (Phi) is 5.88. The number of imidazole rings is 1. The molecule has 30 heavy (non-hydrogen) atoms. The van der Waals surface area contributed by atoms with Crippen LogP contribution in [0.5, 0.6) is 5.88 Å². The van der Waals surface area contributed by atoms with E-state index >= 15 is 0 Å². The molecule has 0 radical (unpaired) electrons.